The van der Waals surface area contributed by atoms with Crippen LogP contribution in [0.5, 0.6) is 5.75 Å². The zero-order valence-corrected chi connectivity index (χ0v) is 19.0. The first-order valence-electron chi connectivity index (χ1n) is 10.0. The number of aromatic nitrogens is 1. The number of rotatable bonds is 10. The number of ether oxygens (including phenoxy) is 3. The van der Waals surface area contributed by atoms with E-state index in [0.717, 1.165) is 0 Å². The molecule has 1 aromatic carbocycles. The van der Waals surface area contributed by atoms with Gasteiger partial charge in [-0.15, -0.1) is 0 Å². The van der Waals surface area contributed by atoms with E-state index in [2.05, 4.69) is 0 Å². The van der Waals surface area contributed by atoms with Crippen LogP contribution < -0.4 is 4.74 Å². The molecule has 168 valence electrons. The topological polar surface area (TPSA) is 87.1 Å². The molecule has 2 aromatic rings. The molecular formula is C23H30N2O6. The average molecular weight is 431 g/mol. The molecule has 0 aliphatic carbocycles. The molecule has 0 aliphatic rings. The number of benzene rings is 1. The number of amides is 1. The van der Waals surface area contributed by atoms with Crippen molar-refractivity contribution in [3.8, 4) is 5.75 Å². The molecule has 0 N–H and O–H groups in total. The van der Waals surface area contributed by atoms with Crippen molar-refractivity contribution in [3.63, 3.8) is 0 Å². The van der Waals surface area contributed by atoms with Gasteiger partial charge in [0.2, 0.25) is 0 Å². The number of nitrogens with zero attached hydrogens (tertiary/aromatic N) is 2. The monoisotopic (exact) mass is 430 g/mol. The first-order chi connectivity index (χ1) is 14.8. The van der Waals surface area contributed by atoms with Gasteiger partial charge in [-0.25, -0.2) is 4.79 Å². The van der Waals surface area contributed by atoms with Gasteiger partial charge in [0.15, 0.2) is 5.78 Å². The standard InChI is InChI=1S/C23H30N2O6/c1-7-25-16(3)20(15(2)21(25)23(28)31-6)19(26)14-24(12-13-29-4)22(27)17-8-10-18(30-5)11-9-17/h8-11H,7,12-14H2,1-6H3. The lowest BCUT2D eigenvalue weighted by atomic mass is 10.0. The van der Waals surface area contributed by atoms with Crippen molar-refractivity contribution >= 4 is 17.7 Å². The van der Waals surface area contributed by atoms with Gasteiger partial charge in [0.1, 0.15) is 11.4 Å². The van der Waals surface area contributed by atoms with Crippen LogP contribution in [0.3, 0.4) is 0 Å². The van der Waals surface area contributed by atoms with Crippen LogP contribution in [0.1, 0.15) is 49.4 Å². The van der Waals surface area contributed by atoms with Crippen molar-refractivity contribution < 1.29 is 28.6 Å². The van der Waals surface area contributed by atoms with E-state index in [1.165, 1.54) is 19.1 Å². The Labute approximate surface area is 182 Å². The summed E-state index contributed by atoms with van der Waals surface area (Å²) in [6.07, 6.45) is 0. The SMILES string of the molecule is CCn1c(C)c(C(=O)CN(CCOC)C(=O)c2ccc(OC)cc2)c(C)c1C(=O)OC. The number of esters is 1. The highest BCUT2D eigenvalue weighted by molar-refractivity contribution is 6.06. The van der Waals surface area contributed by atoms with Crippen molar-refractivity contribution in [2.45, 2.75) is 27.3 Å². The lowest BCUT2D eigenvalue weighted by Crippen LogP contribution is -2.38. The first-order valence-corrected chi connectivity index (χ1v) is 10.0. The number of hydrogen-bond acceptors (Lipinski definition) is 6. The minimum atomic E-state index is -0.493. The van der Waals surface area contributed by atoms with E-state index in [-0.39, 0.29) is 31.4 Å². The zero-order chi connectivity index (χ0) is 23.1. The maximum atomic E-state index is 13.3. The molecule has 8 nitrogen and oxygen atoms in total. The van der Waals surface area contributed by atoms with Crippen molar-refractivity contribution in [3.05, 3.63) is 52.3 Å². The van der Waals surface area contributed by atoms with Crippen LogP contribution in [-0.4, -0.2) is 68.2 Å². The van der Waals surface area contributed by atoms with Crippen molar-refractivity contribution in [1.82, 2.24) is 9.47 Å². The van der Waals surface area contributed by atoms with Crippen molar-refractivity contribution in [2.75, 3.05) is 41.0 Å². The van der Waals surface area contributed by atoms with Crippen LogP contribution in [-0.2, 0) is 16.0 Å². The van der Waals surface area contributed by atoms with Gasteiger partial charge in [-0.05, 0) is 50.6 Å². The predicted molar refractivity (Wildman–Crippen MR) is 116 cm³/mol. The van der Waals surface area contributed by atoms with Crippen molar-refractivity contribution in [2.24, 2.45) is 0 Å². The lowest BCUT2D eigenvalue weighted by Gasteiger charge is -2.22. The van der Waals surface area contributed by atoms with Crippen LogP contribution in [0.2, 0.25) is 0 Å². The molecule has 8 heteroatoms. The molecule has 1 aromatic heterocycles. The Morgan fingerprint density at radius 2 is 1.68 bits per heavy atom. The minimum Gasteiger partial charge on any atom is -0.497 e. The van der Waals surface area contributed by atoms with E-state index in [1.54, 1.807) is 49.8 Å². The van der Waals surface area contributed by atoms with E-state index in [9.17, 15) is 14.4 Å². The van der Waals surface area contributed by atoms with Gasteiger partial charge in [-0.2, -0.15) is 0 Å². The normalized spacial score (nSPS) is 10.6. The highest BCUT2D eigenvalue weighted by atomic mass is 16.5. The third-order valence-corrected chi connectivity index (χ3v) is 5.26. The summed E-state index contributed by atoms with van der Waals surface area (Å²) in [5.41, 5.74) is 2.47. The number of ketones is 1. The lowest BCUT2D eigenvalue weighted by molar-refractivity contribution is 0.0587. The summed E-state index contributed by atoms with van der Waals surface area (Å²) < 4.78 is 16.9. The predicted octanol–water partition coefficient (Wildman–Crippen LogP) is 2.89. The number of Topliss-reactive ketones (excluding diaryl/α,β-unsaturated/α-hetero) is 1. The number of carbonyl (C=O) groups excluding carboxylic acids is 3. The molecule has 0 bridgehead atoms. The second-order valence-corrected chi connectivity index (χ2v) is 7.04. The quantitative estimate of drug-likeness (QED) is 0.426. The fourth-order valence-electron chi connectivity index (χ4n) is 3.68. The molecule has 1 heterocycles. The third-order valence-electron chi connectivity index (χ3n) is 5.26. The second kappa shape index (κ2) is 10.8. The average Bonchev–Trinajstić information content (AvgIpc) is 3.04. The molecule has 31 heavy (non-hydrogen) atoms. The molecule has 0 unspecified atom stereocenters. The van der Waals surface area contributed by atoms with Crippen LogP contribution in [0.25, 0.3) is 0 Å². The molecule has 0 fully saturated rings. The Kier molecular flexibility index (Phi) is 8.38. The molecule has 0 saturated carbocycles. The Bertz CT molecular complexity index is 946. The fraction of sp³-hybridized carbons (Fsp3) is 0.435. The van der Waals surface area contributed by atoms with E-state index < -0.39 is 5.97 Å². The Hall–Kier alpha value is -3.13. The van der Waals surface area contributed by atoms with Crippen molar-refractivity contribution in [1.29, 1.82) is 0 Å². The minimum absolute atomic E-state index is 0.135. The maximum absolute atomic E-state index is 13.3. The summed E-state index contributed by atoms with van der Waals surface area (Å²) in [5.74, 6) is -0.387. The first kappa shape index (κ1) is 24.1. The molecule has 0 radical (unpaired) electrons. The van der Waals surface area contributed by atoms with Gasteiger partial charge in [0.05, 0.1) is 27.4 Å². The largest absolute Gasteiger partial charge is 0.497 e. The molecular weight excluding hydrogens is 400 g/mol. The third kappa shape index (κ3) is 5.14. The van der Waals surface area contributed by atoms with Crippen LogP contribution in [0, 0.1) is 13.8 Å². The van der Waals surface area contributed by atoms with E-state index in [4.69, 9.17) is 14.2 Å². The highest BCUT2D eigenvalue weighted by Crippen LogP contribution is 2.24. The number of hydrogen-bond donors (Lipinski definition) is 0. The summed E-state index contributed by atoms with van der Waals surface area (Å²) >= 11 is 0. The zero-order valence-electron chi connectivity index (χ0n) is 19.0. The van der Waals surface area contributed by atoms with Gasteiger partial charge in [-0.1, -0.05) is 0 Å². The molecule has 0 saturated heterocycles. The fourth-order valence-corrected chi connectivity index (χ4v) is 3.68. The van der Waals surface area contributed by atoms with Gasteiger partial charge in [0.25, 0.3) is 5.91 Å². The van der Waals surface area contributed by atoms with E-state index >= 15 is 0 Å². The molecule has 0 atom stereocenters. The second-order valence-electron chi connectivity index (χ2n) is 7.04. The van der Waals surface area contributed by atoms with Gasteiger partial charge in [0, 0.05) is 37.0 Å². The maximum Gasteiger partial charge on any atom is 0.354 e. The van der Waals surface area contributed by atoms with Gasteiger partial charge < -0.3 is 23.7 Å². The van der Waals surface area contributed by atoms with Gasteiger partial charge in [-0.3, -0.25) is 9.59 Å². The van der Waals surface area contributed by atoms with E-state index in [1.807, 2.05) is 6.92 Å². The summed E-state index contributed by atoms with van der Waals surface area (Å²) in [6, 6.07) is 6.71. The Morgan fingerprint density at radius 1 is 1.03 bits per heavy atom. The Balaban J connectivity index is 2.37. The number of carbonyl (C=O) groups is 3. The summed E-state index contributed by atoms with van der Waals surface area (Å²) in [6.45, 7) is 6.34. The highest BCUT2D eigenvalue weighted by Gasteiger charge is 2.28. The molecule has 0 spiro atoms. The van der Waals surface area contributed by atoms with Gasteiger partial charge >= 0.3 is 5.97 Å². The molecule has 2 rings (SSSR count). The van der Waals surface area contributed by atoms with Crippen LogP contribution in [0.15, 0.2) is 24.3 Å². The number of methoxy groups -OCH3 is 3. The smallest absolute Gasteiger partial charge is 0.354 e. The summed E-state index contributed by atoms with van der Waals surface area (Å²) in [4.78, 5) is 40.1. The molecule has 1 amide bonds. The summed E-state index contributed by atoms with van der Waals surface area (Å²) in [7, 11) is 4.40. The van der Waals surface area contributed by atoms with Crippen LogP contribution >= 0.6 is 0 Å². The molecule has 0 aliphatic heterocycles. The Morgan fingerprint density at radius 3 is 2.19 bits per heavy atom. The summed E-state index contributed by atoms with van der Waals surface area (Å²) in [5, 5.41) is 0. The van der Waals surface area contributed by atoms with E-state index in [0.29, 0.717) is 40.4 Å². The van der Waals surface area contributed by atoms with Crippen LogP contribution in [0.4, 0.5) is 0 Å².